The van der Waals surface area contributed by atoms with E-state index in [4.69, 9.17) is 5.84 Å². The number of hydrogen-bond donors (Lipinski definition) is 2. The Kier molecular flexibility index (Phi) is 2.78. The van der Waals surface area contributed by atoms with Gasteiger partial charge in [-0.1, -0.05) is 11.6 Å². The predicted molar refractivity (Wildman–Crippen MR) is 60.0 cm³/mol. The monoisotopic (exact) mass is 218 g/mol. The number of hydrogen-bond acceptors (Lipinski definition) is 4. The molecule has 1 aromatic carbocycles. The maximum atomic E-state index is 13.6. The maximum Gasteiger partial charge on any atom is 0.166 e. The summed E-state index contributed by atoms with van der Waals surface area (Å²) in [4.78, 5) is 8.06. The fourth-order valence-corrected chi connectivity index (χ4v) is 1.46. The van der Waals surface area contributed by atoms with Crippen molar-refractivity contribution in [2.45, 2.75) is 6.92 Å². The van der Waals surface area contributed by atoms with Gasteiger partial charge in [0.15, 0.2) is 5.82 Å². The van der Waals surface area contributed by atoms with Gasteiger partial charge in [-0.3, -0.25) is 4.98 Å². The standard InChI is InChI=1S/C11H11FN4/c1-7-2-3-9(12)8(6-7)10-11(16-13)15-5-4-14-10/h2-6H,13H2,1H3,(H,15,16). The summed E-state index contributed by atoms with van der Waals surface area (Å²) in [5.41, 5.74) is 4.15. The van der Waals surface area contributed by atoms with E-state index in [9.17, 15) is 4.39 Å². The molecule has 0 bridgehead atoms. The average molecular weight is 218 g/mol. The molecule has 0 atom stereocenters. The predicted octanol–water partition coefficient (Wildman–Crippen LogP) is 1.88. The summed E-state index contributed by atoms with van der Waals surface area (Å²) in [6.07, 6.45) is 2.99. The second kappa shape index (κ2) is 4.24. The van der Waals surface area contributed by atoms with E-state index in [0.29, 0.717) is 17.1 Å². The molecule has 0 saturated heterocycles. The van der Waals surface area contributed by atoms with Crippen molar-refractivity contribution < 1.29 is 4.39 Å². The van der Waals surface area contributed by atoms with Crippen molar-refractivity contribution in [3.63, 3.8) is 0 Å². The molecule has 4 nitrogen and oxygen atoms in total. The minimum Gasteiger partial charge on any atom is -0.307 e. The number of benzene rings is 1. The number of nitrogens with one attached hydrogen (secondary N) is 1. The van der Waals surface area contributed by atoms with E-state index < -0.39 is 0 Å². The lowest BCUT2D eigenvalue weighted by Crippen LogP contribution is -2.10. The summed E-state index contributed by atoms with van der Waals surface area (Å²) in [5, 5.41) is 0. The van der Waals surface area contributed by atoms with E-state index in [0.717, 1.165) is 5.56 Å². The lowest BCUT2D eigenvalue weighted by Gasteiger charge is -2.07. The van der Waals surface area contributed by atoms with Gasteiger partial charge in [0, 0.05) is 18.0 Å². The first-order valence-corrected chi connectivity index (χ1v) is 4.76. The molecule has 2 aromatic rings. The number of nitrogen functional groups attached to an aromatic ring is 1. The number of anilines is 1. The zero-order valence-corrected chi connectivity index (χ0v) is 8.74. The molecular formula is C11H11FN4. The third kappa shape index (κ3) is 1.85. The Morgan fingerprint density at radius 3 is 2.75 bits per heavy atom. The summed E-state index contributed by atoms with van der Waals surface area (Å²) in [6, 6.07) is 4.81. The number of hydrazine groups is 1. The fourth-order valence-electron chi connectivity index (χ4n) is 1.46. The molecule has 16 heavy (non-hydrogen) atoms. The molecule has 1 heterocycles. The van der Waals surface area contributed by atoms with E-state index in [-0.39, 0.29) is 5.82 Å². The van der Waals surface area contributed by atoms with E-state index in [1.807, 2.05) is 6.92 Å². The van der Waals surface area contributed by atoms with Crippen LogP contribution in [0.25, 0.3) is 11.3 Å². The molecule has 0 aliphatic heterocycles. The Labute approximate surface area is 92.3 Å². The Hall–Kier alpha value is -2.01. The van der Waals surface area contributed by atoms with Crippen LogP contribution in [0.15, 0.2) is 30.6 Å². The summed E-state index contributed by atoms with van der Waals surface area (Å²) in [6.45, 7) is 1.88. The topological polar surface area (TPSA) is 63.8 Å². The van der Waals surface area contributed by atoms with Crippen molar-refractivity contribution in [2.24, 2.45) is 5.84 Å². The lowest BCUT2D eigenvalue weighted by atomic mass is 10.1. The van der Waals surface area contributed by atoms with Crippen LogP contribution in [0, 0.1) is 12.7 Å². The van der Waals surface area contributed by atoms with Crippen LogP contribution >= 0.6 is 0 Å². The molecule has 0 amide bonds. The van der Waals surface area contributed by atoms with Crippen molar-refractivity contribution >= 4 is 5.82 Å². The highest BCUT2D eigenvalue weighted by molar-refractivity contribution is 5.71. The number of halogens is 1. The van der Waals surface area contributed by atoms with Gasteiger partial charge in [-0.25, -0.2) is 15.2 Å². The highest BCUT2D eigenvalue weighted by Crippen LogP contribution is 2.26. The van der Waals surface area contributed by atoms with E-state index >= 15 is 0 Å². The first-order chi connectivity index (χ1) is 7.72. The average Bonchev–Trinajstić information content (AvgIpc) is 2.32. The van der Waals surface area contributed by atoms with Crippen molar-refractivity contribution in [3.05, 3.63) is 42.0 Å². The number of nitrogens with two attached hydrogens (primary N) is 1. The van der Waals surface area contributed by atoms with Gasteiger partial charge in [-0.2, -0.15) is 0 Å². The zero-order valence-electron chi connectivity index (χ0n) is 8.74. The SMILES string of the molecule is Cc1ccc(F)c(-c2nccnc2NN)c1. The minimum atomic E-state index is -0.345. The molecule has 1 aromatic heterocycles. The molecule has 0 unspecified atom stereocenters. The van der Waals surface area contributed by atoms with Gasteiger partial charge in [-0.15, -0.1) is 0 Å². The molecule has 82 valence electrons. The van der Waals surface area contributed by atoms with Crippen molar-refractivity contribution in [1.29, 1.82) is 0 Å². The third-order valence-electron chi connectivity index (χ3n) is 2.21. The van der Waals surface area contributed by atoms with Gasteiger partial charge < -0.3 is 5.43 Å². The van der Waals surface area contributed by atoms with E-state index in [1.165, 1.54) is 18.5 Å². The second-order valence-electron chi connectivity index (χ2n) is 3.38. The van der Waals surface area contributed by atoms with Crippen LogP contribution in [0.3, 0.4) is 0 Å². The molecule has 0 fully saturated rings. The molecule has 0 aliphatic rings. The Morgan fingerprint density at radius 2 is 2.00 bits per heavy atom. The van der Waals surface area contributed by atoms with Gasteiger partial charge in [0.05, 0.1) is 0 Å². The number of nitrogens with zero attached hydrogens (tertiary/aromatic N) is 2. The fraction of sp³-hybridized carbons (Fsp3) is 0.0909. The van der Waals surface area contributed by atoms with Gasteiger partial charge in [-0.05, 0) is 19.1 Å². The first kappa shape index (κ1) is 10.5. The molecule has 0 radical (unpaired) electrons. The normalized spacial score (nSPS) is 10.2. The van der Waals surface area contributed by atoms with Crippen LogP contribution < -0.4 is 11.3 Å². The van der Waals surface area contributed by atoms with Crippen LogP contribution in [-0.4, -0.2) is 9.97 Å². The Morgan fingerprint density at radius 1 is 1.25 bits per heavy atom. The van der Waals surface area contributed by atoms with E-state index in [2.05, 4.69) is 15.4 Å². The number of rotatable bonds is 2. The second-order valence-corrected chi connectivity index (χ2v) is 3.38. The highest BCUT2D eigenvalue weighted by Gasteiger charge is 2.11. The highest BCUT2D eigenvalue weighted by atomic mass is 19.1. The molecule has 0 saturated carbocycles. The molecular weight excluding hydrogens is 207 g/mol. The van der Waals surface area contributed by atoms with Gasteiger partial charge >= 0.3 is 0 Å². The van der Waals surface area contributed by atoms with Gasteiger partial charge in [0.2, 0.25) is 0 Å². The molecule has 2 rings (SSSR count). The van der Waals surface area contributed by atoms with Crippen LogP contribution in [0.5, 0.6) is 0 Å². The molecule has 3 N–H and O–H groups in total. The third-order valence-corrected chi connectivity index (χ3v) is 2.21. The van der Waals surface area contributed by atoms with Crippen molar-refractivity contribution in [2.75, 3.05) is 5.43 Å². The van der Waals surface area contributed by atoms with Crippen molar-refractivity contribution in [3.8, 4) is 11.3 Å². The number of aryl methyl sites for hydroxylation is 1. The largest absolute Gasteiger partial charge is 0.307 e. The summed E-state index contributed by atoms with van der Waals surface area (Å²) >= 11 is 0. The van der Waals surface area contributed by atoms with E-state index in [1.54, 1.807) is 12.1 Å². The molecule has 0 aliphatic carbocycles. The van der Waals surface area contributed by atoms with Crippen LogP contribution in [0.4, 0.5) is 10.2 Å². The van der Waals surface area contributed by atoms with Gasteiger partial charge in [0.25, 0.3) is 0 Å². The molecule has 0 spiro atoms. The number of aromatic nitrogens is 2. The van der Waals surface area contributed by atoms with Crippen LogP contribution in [-0.2, 0) is 0 Å². The summed E-state index contributed by atoms with van der Waals surface area (Å²) in [5.74, 6) is 5.31. The maximum absolute atomic E-state index is 13.6. The van der Waals surface area contributed by atoms with Crippen molar-refractivity contribution in [1.82, 2.24) is 9.97 Å². The lowest BCUT2D eigenvalue weighted by molar-refractivity contribution is 0.630. The van der Waals surface area contributed by atoms with Crippen LogP contribution in [0.1, 0.15) is 5.56 Å². The quantitative estimate of drug-likeness (QED) is 0.596. The zero-order chi connectivity index (χ0) is 11.5. The smallest absolute Gasteiger partial charge is 0.166 e. The first-order valence-electron chi connectivity index (χ1n) is 4.76. The summed E-state index contributed by atoms with van der Waals surface area (Å²) in [7, 11) is 0. The summed E-state index contributed by atoms with van der Waals surface area (Å²) < 4.78 is 13.6. The molecule has 5 heteroatoms. The Balaban J connectivity index is 2.62. The minimum absolute atomic E-state index is 0.345. The van der Waals surface area contributed by atoms with Crippen LogP contribution in [0.2, 0.25) is 0 Å². The van der Waals surface area contributed by atoms with Gasteiger partial charge in [0.1, 0.15) is 11.5 Å². The Bertz CT molecular complexity index is 513.